The molecule has 0 unspecified atom stereocenters. The normalized spacial score (nSPS) is 11.0. The summed E-state index contributed by atoms with van der Waals surface area (Å²) in [6.45, 7) is 0. The molecule has 130 valence electrons. The number of ether oxygens (including phenoxy) is 1. The fourth-order valence-corrected chi connectivity index (χ4v) is 2.95. The Bertz CT molecular complexity index is 1070. The molecule has 0 bridgehead atoms. The molecule has 7 nitrogen and oxygen atoms in total. The molecule has 0 aliphatic rings. The van der Waals surface area contributed by atoms with Gasteiger partial charge in [0.25, 0.3) is 0 Å². The van der Waals surface area contributed by atoms with E-state index in [9.17, 15) is 0 Å². The minimum Gasteiger partial charge on any atom is -0.496 e. The molecular weight excluding hydrogens is 328 g/mol. The largest absolute Gasteiger partial charge is 0.496 e. The summed E-state index contributed by atoms with van der Waals surface area (Å²) in [5.74, 6) is 2.02. The van der Waals surface area contributed by atoms with Gasteiger partial charge in [-0.2, -0.15) is 9.97 Å². The van der Waals surface area contributed by atoms with Gasteiger partial charge in [0.2, 0.25) is 5.95 Å². The summed E-state index contributed by atoms with van der Waals surface area (Å²) < 4.78 is 5.43. The number of fused-ring (bicyclic) bond motifs is 1. The number of nitrogens with two attached hydrogens (primary N) is 2. The van der Waals surface area contributed by atoms with Gasteiger partial charge in [-0.15, -0.1) is 0 Å². The van der Waals surface area contributed by atoms with Crippen molar-refractivity contribution in [3.05, 3.63) is 59.9 Å². The highest BCUT2D eigenvalue weighted by Crippen LogP contribution is 2.29. The number of imidazole rings is 1. The molecular formula is C19H18N6O. The van der Waals surface area contributed by atoms with Crippen LogP contribution in [0.2, 0.25) is 0 Å². The molecule has 0 saturated carbocycles. The molecule has 5 N–H and O–H groups in total. The van der Waals surface area contributed by atoms with Gasteiger partial charge in [0.15, 0.2) is 17.0 Å². The highest BCUT2D eigenvalue weighted by Gasteiger charge is 2.10. The Labute approximate surface area is 150 Å². The van der Waals surface area contributed by atoms with E-state index in [1.807, 2.05) is 24.3 Å². The van der Waals surface area contributed by atoms with Crippen molar-refractivity contribution in [2.75, 3.05) is 18.6 Å². The van der Waals surface area contributed by atoms with E-state index in [1.165, 1.54) is 0 Å². The van der Waals surface area contributed by atoms with Gasteiger partial charge in [0.05, 0.1) is 7.11 Å². The molecule has 26 heavy (non-hydrogen) atoms. The van der Waals surface area contributed by atoms with Gasteiger partial charge >= 0.3 is 0 Å². The van der Waals surface area contributed by atoms with Gasteiger partial charge in [-0.1, -0.05) is 42.5 Å². The maximum Gasteiger partial charge on any atom is 0.224 e. The van der Waals surface area contributed by atoms with Crippen molar-refractivity contribution in [3.8, 4) is 16.9 Å². The van der Waals surface area contributed by atoms with Crippen molar-refractivity contribution in [2.24, 2.45) is 0 Å². The van der Waals surface area contributed by atoms with Crippen LogP contribution < -0.4 is 16.2 Å². The van der Waals surface area contributed by atoms with Crippen LogP contribution in [-0.2, 0) is 6.42 Å². The standard InChI is InChI=1S/C19H18N6O/c1-26-14-5-3-2-4-13(14)12-8-6-11(7-9-12)10-15-22-16-17(20)24-19(21)25-18(16)23-15/h2-9H,10H2,1H3,(H5,20,21,22,23,24,25). The van der Waals surface area contributed by atoms with Crippen molar-refractivity contribution in [2.45, 2.75) is 6.42 Å². The first-order valence-electron chi connectivity index (χ1n) is 8.14. The summed E-state index contributed by atoms with van der Waals surface area (Å²) in [4.78, 5) is 15.7. The van der Waals surface area contributed by atoms with E-state index in [0.29, 0.717) is 17.6 Å². The van der Waals surface area contributed by atoms with Crippen molar-refractivity contribution in [1.82, 2.24) is 19.9 Å². The second-order valence-electron chi connectivity index (χ2n) is 5.92. The molecule has 0 atom stereocenters. The molecule has 0 aliphatic carbocycles. The second kappa shape index (κ2) is 6.36. The number of hydrogen-bond acceptors (Lipinski definition) is 6. The smallest absolute Gasteiger partial charge is 0.224 e. The molecule has 2 heterocycles. The Hall–Kier alpha value is -3.61. The lowest BCUT2D eigenvalue weighted by molar-refractivity contribution is 0.416. The fourth-order valence-electron chi connectivity index (χ4n) is 2.95. The quantitative estimate of drug-likeness (QED) is 0.523. The predicted molar refractivity (Wildman–Crippen MR) is 102 cm³/mol. The Kier molecular flexibility index (Phi) is 3.89. The van der Waals surface area contributed by atoms with Crippen LogP contribution in [0.1, 0.15) is 11.4 Å². The van der Waals surface area contributed by atoms with Crippen molar-refractivity contribution in [1.29, 1.82) is 0 Å². The number of rotatable bonds is 4. The van der Waals surface area contributed by atoms with E-state index in [0.717, 1.165) is 28.3 Å². The number of aromatic amines is 1. The zero-order valence-corrected chi connectivity index (χ0v) is 14.2. The Balaban J connectivity index is 1.61. The lowest BCUT2D eigenvalue weighted by Gasteiger charge is -2.08. The molecule has 0 spiro atoms. The maximum absolute atomic E-state index is 5.85. The van der Waals surface area contributed by atoms with Gasteiger partial charge in [0.1, 0.15) is 11.6 Å². The molecule has 7 heteroatoms. The Morgan fingerprint density at radius 3 is 2.50 bits per heavy atom. The van der Waals surface area contributed by atoms with E-state index in [1.54, 1.807) is 7.11 Å². The zero-order chi connectivity index (χ0) is 18.1. The van der Waals surface area contributed by atoms with Crippen molar-refractivity contribution >= 4 is 22.9 Å². The van der Waals surface area contributed by atoms with Crippen LogP contribution in [0.15, 0.2) is 48.5 Å². The first-order valence-corrected chi connectivity index (χ1v) is 8.14. The van der Waals surface area contributed by atoms with Crippen LogP contribution in [0.5, 0.6) is 5.75 Å². The predicted octanol–water partition coefficient (Wildman–Crippen LogP) is 2.78. The number of methoxy groups -OCH3 is 1. The number of nitrogens with one attached hydrogen (secondary N) is 1. The second-order valence-corrected chi connectivity index (χ2v) is 5.92. The number of benzene rings is 2. The summed E-state index contributed by atoms with van der Waals surface area (Å²) in [5.41, 5.74) is 15.8. The molecule has 0 amide bonds. The highest BCUT2D eigenvalue weighted by molar-refractivity contribution is 5.82. The minimum atomic E-state index is 0.131. The van der Waals surface area contributed by atoms with E-state index in [-0.39, 0.29) is 11.8 Å². The van der Waals surface area contributed by atoms with Crippen LogP contribution in [0.4, 0.5) is 11.8 Å². The van der Waals surface area contributed by atoms with Gasteiger partial charge in [-0.3, -0.25) is 0 Å². The summed E-state index contributed by atoms with van der Waals surface area (Å²) in [7, 11) is 1.68. The molecule has 2 aromatic carbocycles. The van der Waals surface area contributed by atoms with E-state index < -0.39 is 0 Å². The monoisotopic (exact) mass is 346 g/mol. The number of para-hydroxylation sites is 1. The first kappa shape index (κ1) is 15.9. The fraction of sp³-hybridized carbons (Fsp3) is 0.105. The number of aromatic nitrogens is 4. The average molecular weight is 346 g/mol. The van der Waals surface area contributed by atoms with Gasteiger partial charge in [0, 0.05) is 12.0 Å². The van der Waals surface area contributed by atoms with Crippen molar-refractivity contribution < 1.29 is 4.74 Å². The molecule has 0 radical (unpaired) electrons. The lowest BCUT2D eigenvalue weighted by Crippen LogP contribution is -1.99. The minimum absolute atomic E-state index is 0.131. The van der Waals surface area contributed by atoms with Crippen LogP contribution in [0, 0.1) is 0 Å². The van der Waals surface area contributed by atoms with Crippen LogP contribution >= 0.6 is 0 Å². The van der Waals surface area contributed by atoms with E-state index in [2.05, 4.69) is 44.2 Å². The number of H-pyrrole nitrogens is 1. The third-order valence-electron chi connectivity index (χ3n) is 4.18. The summed E-state index contributed by atoms with van der Waals surface area (Å²) in [6.07, 6.45) is 0.627. The molecule has 0 saturated heterocycles. The number of hydrogen-bond donors (Lipinski definition) is 3. The average Bonchev–Trinajstić information content (AvgIpc) is 3.05. The van der Waals surface area contributed by atoms with Crippen LogP contribution in [0.25, 0.3) is 22.3 Å². The van der Waals surface area contributed by atoms with Gasteiger partial charge < -0.3 is 21.2 Å². The maximum atomic E-state index is 5.85. The number of nitrogen functional groups attached to an aromatic ring is 2. The molecule has 0 fully saturated rings. The van der Waals surface area contributed by atoms with E-state index in [4.69, 9.17) is 16.2 Å². The third-order valence-corrected chi connectivity index (χ3v) is 4.18. The van der Waals surface area contributed by atoms with Crippen LogP contribution in [0.3, 0.4) is 0 Å². The Morgan fingerprint density at radius 1 is 0.962 bits per heavy atom. The SMILES string of the molecule is COc1ccccc1-c1ccc(Cc2nc3c(N)nc(N)nc3[nH]2)cc1. The summed E-state index contributed by atoms with van der Waals surface area (Å²) in [5, 5.41) is 0. The van der Waals surface area contributed by atoms with E-state index >= 15 is 0 Å². The summed E-state index contributed by atoms with van der Waals surface area (Å²) in [6, 6.07) is 16.2. The lowest BCUT2D eigenvalue weighted by atomic mass is 10.0. The zero-order valence-electron chi connectivity index (χ0n) is 14.2. The topological polar surface area (TPSA) is 116 Å². The van der Waals surface area contributed by atoms with Gasteiger partial charge in [-0.25, -0.2) is 4.98 Å². The molecule has 0 aliphatic heterocycles. The molecule has 4 rings (SSSR count). The third kappa shape index (κ3) is 2.90. The highest BCUT2D eigenvalue weighted by atomic mass is 16.5. The van der Waals surface area contributed by atoms with Gasteiger partial charge in [-0.05, 0) is 17.2 Å². The van der Waals surface area contributed by atoms with Crippen molar-refractivity contribution in [3.63, 3.8) is 0 Å². The first-order chi connectivity index (χ1) is 12.6. The number of nitrogens with zero attached hydrogens (tertiary/aromatic N) is 3. The van der Waals surface area contributed by atoms with Crippen LogP contribution in [-0.4, -0.2) is 27.0 Å². The molecule has 2 aromatic heterocycles. The molecule has 4 aromatic rings. The number of anilines is 2. The summed E-state index contributed by atoms with van der Waals surface area (Å²) >= 11 is 0. The Morgan fingerprint density at radius 2 is 1.73 bits per heavy atom.